The summed E-state index contributed by atoms with van der Waals surface area (Å²) in [7, 11) is -3.21. The number of rotatable bonds is 2. The first kappa shape index (κ1) is 15.1. The number of sulfonamides is 1. The van der Waals surface area contributed by atoms with Gasteiger partial charge in [0.05, 0.1) is 6.26 Å². The molecule has 2 atom stereocenters. The van der Waals surface area contributed by atoms with E-state index >= 15 is 0 Å². The molecule has 1 amide bonds. The van der Waals surface area contributed by atoms with E-state index in [9.17, 15) is 13.2 Å². The van der Waals surface area contributed by atoms with Crippen molar-refractivity contribution < 1.29 is 13.2 Å². The number of carbonyl (C=O) groups is 1. The maximum Gasteiger partial charge on any atom is 0.274 e. The Bertz CT molecular complexity index is 742. The van der Waals surface area contributed by atoms with Gasteiger partial charge in [-0.05, 0) is 38.0 Å². The highest BCUT2D eigenvalue weighted by molar-refractivity contribution is 7.88. The van der Waals surface area contributed by atoms with Crippen LogP contribution in [-0.4, -0.2) is 65.7 Å². The minimum Gasteiger partial charge on any atom is -0.333 e. The number of aromatic amines is 1. The van der Waals surface area contributed by atoms with Gasteiger partial charge in [-0.25, -0.2) is 8.42 Å². The van der Waals surface area contributed by atoms with Crippen molar-refractivity contribution in [2.75, 3.05) is 25.9 Å². The van der Waals surface area contributed by atoms with Crippen LogP contribution in [0.15, 0.2) is 0 Å². The summed E-state index contributed by atoms with van der Waals surface area (Å²) in [6.45, 7) is 1.57. The molecule has 8 heteroatoms. The second-order valence-corrected chi connectivity index (χ2v) is 9.00. The van der Waals surface area contributed by atoms with E-state index in [2.05, 4.69) is 10.2 Å². The predicted molar refractivity (Wildman–Crippen MR) is 84.6 cm³/mol. The van der Waals surface area contributed by atoms with E-state index in [4.69, 9.17) is 0 Å². The summed E-state index contributed by atoms with van der Waals surface area (Å²) >= 11 is 0. The van der Waals surface area contributed by atoms with Gasteiger partial charge in [0.2, 0.25) is 10.0 Å². The summed E-state index contributed by atoms with van der Waals surface area (Å²) in [5.74, 6) is 0.189. The van der Waals surface area contributed by atoms with Crippen LogP contribution < -0.4 is 0 Å². The number of carbonyl (C=O) groups excluding carboxylic acids is 1. The first-order chi connectivity index (χ1) is 10.9. The van der Waals surface area contributed by atoms with Crippen molar-refractivity contribution in [3.05, 3.63) is 17.0 Å². The fourth-order valence-corrected chi connectivity index (χ4v) is 5.12. The quantitative estimate of drug-likeness (QED) is 0.845. The van der Waals surface area contributed by atoms with E-state index in [0.29, 0.717) is 25.3 Å². The topological polar surface area (TPSA) is 86.4 Å². The van der Waals surface area contributed by atoms with E-state index in [-0.39, 0.29) is 17.9 Å². The lowest BCUT2D eigenvalue weighted by Gasteiger charge is -2.35. The van der Waals surface area contributed by atoms with Crippen LogP contribution in [0, 0.1) is 5.92 Å². The summed E-state index contributed by atoms with van der Waals surface area (Å²) in [5, 5.41) is 7.24. The summed E-state index contributed by atoms with van der Waals surface area (Å²) in [4.78, 5) is 14.9. The van der Waals surface area contributed by atoms with Crippen LogP contribution in [0.2, 0.25) is 0 Å². The number of fused-ring (bicyclic) bond motifs is 5. The third kappa shape index (κ3) is 2.57. The molecule has 2 bridgehead atoms. The molecule has 1 N–H and O–H groups in total. The molecule has 0 spiro atoms. The predicted octanol–water partition coefficient (Wildman–Crippen LogP) is 0.394. The Balaban J connectivity index is 1.61. The zero-order valence-electron chi connectivity index (χ0n) is 13.3. The third-order valence-electron chi connectivity index (χ3n) is 5.42. The SMILES string of the molecule is CS(=O)(=O)N1C[C@H]2CC[C@@H](C1)N(C(=O)c1n[nH]c3c1CCC3)C2. The Labute approximate surface area is 136 Å². The van der Waals surface area contributed by atoms with Crippen molar-refractivity contribution in [1.29, 1.82) is 0 Å². The first-order valence-electron chi connectivity index (χ1n) is 8.25. The van der Waals surface area contributed by atoms with Crippen LogP contribution in [0.1, 0.15) is 41.0 Å². The highest BCUT2D eigenvalue weighted by Gasteiger charge is 2.41. The van der Waals surface area contributed by atoms with E-state index in [1.165, 1.54) is 10.6 Å². The minimum absolute atomic E-state index is 0.0329. The number of nitrogens with one attached hydrogen (secondary N) is 1. The average Bonchev–Trinajstić information content (AvgIpc) is 2.97. The molecule has 3 saturated heterocycles. The fraction of sp³-hybridized carbons (Fsp3) is 0.733. The zero-order chi connectivity index (χ0) is 16.2. The highest BCUT2D eigenvalue weighted by Crippen LogP contribution is 2.31. The molecule has 4 aliphatic rings. The summed E-state index contributed by atoms with van der Waals surface area (Å²) in [6.07, 6.45) is 6.05. The van der Waals surface area contributed by atoms with Crippen LogP contribution in [0.25, 0.3) is 0 Å². The van der Waals surface area contributed by atoms with Crippen LogP contribution in [0.3, 0.4) is 0 Å². The van der Waals surface area contributed by atoms with Gasteiger partial charge in [0.1, 0.15) is 0 Å². The van der Waals surface area contributed by atoms with Crippen molar-refractivity contribution in [2.45, 2.75) is 38.1 Å². The maximum atomic E-state index is 13.0. The van der Waals surface area contributed by atoms with E-state index < -0.39 is 10.0 Å². The van der Waals surface area contributed by atoms with Crippen LogP contribution in [0.4, 0.5) is 0 Å². The Morgan fingerprint density at radius 2 is 2.04 bits per heavy atom. The number of nitrogens with zero attached hydrogens (tertiary/aromatic N) is 3. The molecule has 0 unspecified atom stereocenters. The number of amides is 1. The molecule has 3 fully saturated rings. The van der Waals surface area contributed by atoms with Crippen molar-refractivity contribution in [1.82, 2.24) is 19.4 Å². The molecule has 5 rings (SSSR count). The third-order valence-corrected chi connectivity index (χ3v) is 6.65. The lowest BCUT2D eigenvalue weighted by Crippen LogP contribution is -2.48. The maximum absolute atomic E-state index is 13.0. The minimum atomic E-state index is -3.21. The molecule has 1 aliphatic carbocycles. The van der Waals surface area contributed by atoms with Gasteiger partial charge < -0.3 is 4.90 Å². The van der Waals surface area contributed by atoms with Gasteiger partial charge in [0.15, 0.2) is 5.69 Å². The van der Waals surface area contributed by atoms with Gasteiger partial charge in [-0.15, -0.1) is 0 Å². The summed E-state index contributed by atoms with van der Waals surface area (Å²) in [6, 6.07) is -0.0373. The Hall–Kier alpha value is -1.41. The molecule has 7 nitrogen and oxygen atoms in total. The number of hydrogen-bond acceptors (Lipinski definition) is 4. The van der Waals surface area contributed by atoms with Crippen molar-refractivity contribution in [3.63, 3.8) is 0 Å². The molecule has 0 aromatic carbocycles. The molecule has 0 saturated carbocycles. The number of aryl methyl sites for hydroxylation is 1. The van der Waals surface area contributed by atoms with Crippen LogP contribution in [0.5, 0.6) is 0 Å². The van der Waals surface area contributed by atoms with Crippen LogP contribution in [-0.2, 0) is 22.9 Å². The fourth-order valence-electron chi connectivity index (χ4n) is 4.19. The van der Waals surface area contributed by atoms with Crippen LogP contribution >= 0.6 is 0 Å². The number of H-pyrrole nitrogens is 1. The summed E-state index contributed by atoms with van der Waals surface area (Å²) < 4.78 is 25.4. The van der Waals surface area contributed by atoms with E-state index in [1.54, 1.807) is 0 Å². The molecule has 3 aliphatic heterocycles. The van der Waals surface area contributed by atoms with Gasteiger partial charge in [-0.3, -0.25) is 9.89 Å². The normalized spacial score (nSPS) is 28.0. The zero-order valence-corrected chi connectivity index (χ0v) is 14.1. The first-order valence-corrected chi connectivity index (χ1v) is 10.1. The van der Waals surface area contributed by atoms with Crippen molar-refractivity contribution in [3.8, 4) is 0 Å². The summed E-state index contributed by atoms with van der Waals surface area (Å²) in [5.41, 5.74) is 2.71. The second kappa shape index (κ2) is 5.31. The molecule has 23 heavy (non-hydrogen) atoms. The second-order valence-electron chi connectivity index (χ2n) is 7.02. The number of piperidine rings is 1. The lowest BCUT2D eigenvalue weighted by atomic mass is 9.94. The number of aromatic nitrogens is 2. The average molecular weight is 338 g/mol. The van der Waals surface area contributed by atoms with E-state index in [1.807, 2.05) is 4.90 Å². The standard InChI is InChI=1S/C15H22N4O3S/c1-23(21,22)18-7-10-5-6-11(9-18)19(8-10)15(20)14-12-3-2-4-13(12)16-17-14/h10-11H,2-9H2,1H3,(H,16,17)/t10-,11+/m1/s1. The highest BCUT2D eigenvalue weighted by atomic mass is 32.2. The van der Waals surface area contributed by atoms with Gasteiger partial charge in [0.25, 0.3) is 5.91 Å². The van der Waals surface area contributed by atoms with Crippen molar-refractivity contribution in [2.24, 2.45) is 5.92 Å². The monoisotopic (exact) mass is 338 g/mol. The molecule has 126 valence electrons. The Kier molecular flexibility index (Phi) is 3.49. The Morgan fingerprint density at radius 3 is 2.83 bits per heavy atom. The smallest absolute Gasteiger partial charge is 0.274 e. The molecule has 1 aromatic rings. The Morgan fingerprint density at radius 1 is 1.22 bits per heavy atom. The molecule has 1 aromatic heterocycles. The van der Waals surface area contributed by atoms with Gasteiger partial charge in [-0.2, -0.15) is 9.40 Å². The van der Waals surface area contributed by atoms with E-state index in [0.717, 1.165) is 43.4 Å². The largest absolute Gasteiger partial charge is 0.333 e. The number of hydrogen-bond donors (Lipinski definition) is 1. The lowest BCUT2D eigenvalue weighted by molar-refractivity contribution is 0.0581. The molecular weight excluding hydrogens is 316 g/mol. The van der Waals surface area contributed by atoms with Gasteiger partial charge in [-0.1, -0.05) is 0 Å². The molecule has 4 heterocycles. The van der Waals surface area contributed by atoms with Crippen molar-refractivity contribution >= 4 is 15.9 Å². The molecule has 0 radical (unpaired) electrons. The molecular formula is C15H22N4O3S. The van der Waals surface area contributed by atoms with Gasteiger partial charge in [0, 0.05) is 36.9 Å². The van der Waals surface area contributed by atoms with Gasteiger partial charge >= 0.3 is 0 Å².